The molecule has 2 nitrogen and oxygen atoms in total. The molecule has 102 valence electrons. The van der Waals surface area contributed by atoms with Gasteiger partial charge in [0, 0.05) is 11.1 Å². The predicted molar refractivity (Wildman–Crippen MR) is 77.4 cm³/mol. The summed E-state index contributed by atoms with van der Waals surface area (Å²) < 4.78 is 19.8. The van der Waals surface area contributed by atoms with Crippen molar-refractivity contribution in [1.82, 2.24) is 0 Å². The average Bonchev–Trinajstić information content (AvgIpc) is 2.48. The van der Waals surface area contributed by atoms with Crippen molar-refractivity contribution in [3.63, 3.8) is 0 Å². The third kappa shape index (κ3) is 2.77. The van der Waals surface area contributed by atoms with Crippen molar-refractivity contribution in [2.45, 2.75) is 13.5 Å². The second-order valence-electron chi connectivity index (χ2n) is 4.43. The first-order valence-corrected chi connectivity index (χ1v) is 6.24. The minimum absolute atomic E-state index is 0.131. The number of benzene rings is 2. The van der Waals surface area contributed by atoms with Crippen LogP contribution in [0.15, 0.2) is 43.0 Å². The smallest absolute Gasteiger partial charge is 0.172 e. The molecule has 0 N–H and O–H groups in total. The number of aryl methyl sites for hydroxylation is 1. The molecule has 3 heteroatoms. The molecule has 0 saturated heterocycles. The fraction of sp³-hybridized carbons (Fsp3) is 0.118. The number of rotatable bonds is 5. The van der Waals surface area contributed by atoms with Crippen molar-refractivity contribution in [2.24, 2.45) is 0 Å². The zero-order chi connectivity index (χ0) is 14.5. The fourth-order valence-corrected chi connectivity index (χ4v) is 2.00. The summed E-state index contributed by atoms with van der Waals surface area (Å²) in [6, 6.07) is 11.0. The van der Waals surface area contributed by atoms with Gasteiger partial charge in [-0.3, -0.25) is 4.79 Å². The van der Waals surface area contributed by atoms with Crippen LogP contribution in [0.1, 0.15) is 27.0 Å². The molecule has 0 amide bonds. The number of carbonyl (C=O) groups excluding carboxylic acids is 1. The number of aldehydes is 1. The standard InChI is InChI=1S/C17H15FO2/c1-3-14-15(10-19)12(2)9-16(17(14)18)20-11-13-7-5-4-6-8-13/h3-10H,1,11H2,2H3. The summed E-state index contributed by atoms with van der Waals surface area (Å²) in [4.78, 5) is 11.0. The van der Waals surface area contributed by atoms with E-state index in [1.54, 1.807) is 6.92 Å². The summed E-state index contributed by atoms with van der Waals surface area (Å²) in [5.74, 6) is -0.421. The van der Waals surface area contributed by atoms with Gasteiger partial charge in [0.1, 0.15) is 6.61 Å². The summed E-state index contributed by atoms with van der Waals surface area (Å²) in [6.07, 6.45) is 1.97. The average molecular weight is 270 g/mol. The maximum atomic E-state index is 14.2. The highest BCUT2D eigenvalue weighted by Gasteiger charge is 2.15. The quantitative estimate of drug-likeness (QED) is 0.762. The van der Waals surface area contributed by atoms with Crippen molar-refractivity contribution in [3.8, 4) is 5.75 Å². The molecular weight excluding hydrogens is 255 g/mol. The van der Waals surface area contributed by atoms with Crippen molar-refractivity contribution in [1.29, 1.82) is 0 Å². The van der Waals surface area contributed by atoms with E-state index in [2.05, 4.69) is 6.58 Å². The van der Waals surface area contributed by atoms with E-state index in [4.69, 9.17) is 4.74 Å². The van der Waals surface area contributed by atoms with Crippen LogP contribution in [0.4, 0.5) is 4.39 Å². The van der Waals surface area contributed by atoms with Gasteiger partial charge in [-0.05, 0) is 24.1 Å². The Labute approximate surface area is 117 Å². The van der Waals surface area contributed by atoms with Gasteiger partial charge in [-0.1, -0.05) is 43.0 Å². The summed E-state index contributed by atoms with van der Waals surface area (Å²) >= 11 is 0. The first-order valence-electron chi connectivity index (χ1n) is 6.24. The monoisotopic (exact) mass is 270 g/mol. The largest absolute Gasteiger partial charge is 0.486 e. The first-order chi connectivity index (χ1) is 9.67. The second-order valence-corrected chi connectivity index (χ2v) is 4.43. The Kier molecular flexibility index (Phi) is 4.31. The lowest BCUT2D eigenvalue weighted by Gasteiger charge is -2.12. The molecule has 0 unspecified atom stereocenters. The number of ether oxygens (including phenoxy) is 1. The summed E-state index contributed by atoms with van der Waals surface area (Å²) in [5.41, 5.74) is 2.11. The molecule has 2 rings (SSSR count). The third-order valence-corrected chi connectivity index (χ3v) is 3.07. The van der Waals surface area contributed by atoms with Gasteiger partial charge in [-0.2, -0.15) is 0 Å². The highest BCUT2D eigenvalue weighted by atomic mass is 19.1. The molecule has 2 aromatic carbocycles. The number of hydrogen-bond donors (Lipinski definition) is 0. The zero-order valence-electron chi connectivity index (χ0n) is 11.2. The van der Waals surface area contributed by atoms with Crippen LogP contribution in [-0.4, -0.2) is 6.29 Å². The van der Waals surface area contributed by atoms with Crippen molar-refractivity contribution in [2.75, 3.05) is 0 Å². The van der Waals surface area contributed by atoms with Crippen molar-refractivity contribution in [3.05, 3.63) is 71.0 Å². The predicted octanol–water partition coefficient (Wildman–Crippen LogP) is 4.17. The molecule has 0 aliphatic rings. The number of hydrogen-bond acceptors (Lipinski definition) is 2. The van der Waals surface area contributed by atoms with E-state index in [1.807, 2.05) is 30.3 Å². The molecular formula is C17H15FO2. The van der Waals surface area contributed by atoms with E-state index in [9.17, 15) is 9.18 Å². The maximum Gasteiger partial charge on any atom is 0.172 e. The topological polar surface area (TPSA) is 26.3 Å². The van der Waals surface area contributed by atoms with Crippen LogP contribution in [-0.2, 0) is 6.61 Å². The molecule has 20 heavy (non-hydrogen) atoms. The molecule has 0 radical (unpaired) electrons. The zero-order valence-corrected chi connectivity index (χ0v) is 11.2. The lowest BCUT2D eigenvalue weighted by molar-refractivity contribution is 0.112. The van der Waals surface area contributed by atoms with Gasteiger partial charge < -0.3 is 4.74 Å². The van der Waals surface area contributed by atoms with Crippen LogP contribution in [0.3, 0.4) is 0 Å². The Bertz CT molecular complexity index is 633. The molecule has 2 aromatic rings. The Hall–Kier alpha value is -2.42. The molecule has 0 aliphatic carbocycles. The van der Waals surface area contributed by atoms with Gasteiger partial charge in [0.05, 0.1) is 0 Å². The van der Waals surface area contributed by atoms with Crippen LogP contribution in [0.25, 0.3) is 6.08 Å². The van der Waals surface area contributed by atoms with E-state index in [0.29, 0.717) is 17.4 Å². The minimum Gasteiger partial charge on any atom is -0.486 e. The summed E-state index contributed by atoms with van der Waals surface area (Å²) in [6.45, 7) is 5.56. The van der Waals surface area contributed by atoms with E-state index < -0.39 is 5.82 Å². The molecule has 0 aliphatic heterocycles. The van der Waals surface area contributed by atoms with Gasteiger partial charge in [0.15, 0.2) is 17.9 Å². The highest BCUT2D eigenvalue weighted by molar-refractivity contribution is 5.84. The van der Waals surface area contributed by atoms with E-state index in [-0.39, 0.29) is 17.9 Å². The van der Waals surface area contributed by atoms with Crippen LogP contribution in [0.2, 0.25) is 0 Å². The summed E-state index contributed by atoms with van der Waals surface area (Å²) in [7, 11) is 0. The second kappa shape index (κ2) is 6.15. The molecule has 0 saturated carbocycles. The normalized spacial score (nSPS) is 10.1. The van der Waals surface area contributed by atoms with Gasteiger partial charge in [-0.25, -0.2) is 4.39 Å². The summed E-state index contributed by atoms with van der Waals surface area (Å²) in [5, 5.41) is 0. The Morgan fingerprint density at radius 2 is 1.95 bits per heavy atom. The van der Waals surface area contributed by atoms with Gasteiger partial charge in [0.2, 0.25) is 0 Å². The van der Waals surface area contributed by atoms with Crippen LogP contribution >= 0.6 is 0 Å². The van der Waals surface area contributed by atoms with E-state index in [1.165, 1.54) is 12.1 Å². The lowest BCUT2D eigenvalue weighted by Crippen LogP contribution is -2.02. The Morgan fingerprint density at radius 3 is 2.55 bits per heavy atom. The highest BCUT2D eigenvalue weighted by Crippen LogP contribution is 2.28. The number of halogens is 1. The number of carbonyl (C=O) groups is 1. The van der Waals surface area contributed by atoms with Gasteiger partial charge in [0.25, 0.3) is 0 Å². The molecule has 0 atom stereocenters. The lowest BCUT2D eigenvalue weighted by atomic mass is 10.0. The molecule has 0 heterocycles. The first kappa shape index (κ1) is 14.0. The Morgan fingerprint density at radius 1 is 1.25 bits per heavy atom. The maximum absolute atomic E-state index is 14.2. The van der Waals surface area contributed by atoms with Gasteiger partial charge in [-0.15, -0.1) is 0 Å². The van der Waals surface area contributed by atoms with Crippen LogP contribution < -0.4 is 4.74 Å². The Balaban J connectivity index is 2.31. The minimum atomic E-state index is -0.552. The fourth-order valence-electron chi connectivity index (χ4n) is 2.00. The SMILES string of the molecule is C=Cc1c(F)c(OCc2ccccc2)cc(C)c1C=O. The third-order valence-electron chi connectivity index (χ3n) is 3.07. The molecule has 0 spiro atoms. The molecule has 0 bridgehead atoms. The molecule has 0 fully saturated rings. The van der Waals surface area contributed by atoms with Gasteiger partial charge >= 0.3 is 0 Å². The molecule has 0 aromatic heterocycles. The van der Waals surface area contributed by atoms with E-state index >= 15 is 0 Å². The van der Waals surface area contributed by atoms with E-state index in [0.717, 1.165) is 5.56 Å². The van der Waals surface area contributed by atoms with Crippen molar-refractivity contribution >= 4 is 12.4 Å². The van der Waals surface area contributed by atoms with Crippen LogP contribution in [0, 0.1) is 12.7 Å². The van der Waals surface area contributed by atoms with Crippen LogP contribution in [0.5, 0.6) is 5.75 Å². The van der Waals surface area contributed by atoms with Crippen molar-refractivity contribution < 1.29 is 13.9 Å².